The van der Waals surface area contributed by atoms with Crippen LogP contribution >= 0.6 is 0 Å². The van der Waals surface area contributed by atoms with Crippen molar-refractivity contribution < 1.29 is 4.79 Å². The van der Waals surface area contributed by atoms with E-state index in [4.69, 9.17) is 4.98 Å². The number of nitrogens with zero attached hydrogens (tertiary/aromatic N) is 3. The summed E-state index contributed by atoms with van der Waals surface area (Å²) >= 11 is 0. The van der Waals surface area contributed by atoms with Gasteiger partial charge in [0.05, 0.1) is 12.6 Å². The van der Waals surface area contributed by atoms with Crippen molar-refractivity contribution in [2.75, 3.05) is 18.4 Å². The minimum absolute atomic E-state index is 0.0723. The van der Waals surface area contributed by atoms with Crippen molar-refractivity contribution in [1.82, 2.24) is 20.0 Å². The molecule has 0 saturated carbocycles. The Morgan fingerprint density at radius 2 is 1.36 bits per heavy atom. The number of carbonyl (C=O) groups is 1. The highest BCUT2D eigenvalue weighted by atomic mass is 16.2. The first-order valence-corrected chi connectivity index (χ1v) is 13.4. The van der Waals surface area contributed by atoms with Crippen LogP contribution in [0.5, 0.6) is 0 Å². The molecule has 2 heterocycles. The lowest BCUT2D eigenvalue weighted by atomic mass is 10.0. The number of rotatable bonds is 6. The number of imidazole rings is 1. The normalized spacial score (nSPS) is 15.3. The molecule has 2 N–H and O–H groups in total. The van der Waals surface area contributed by atoms with E-state index >= 15 is 0 Å². The number of benzene rings is 4. The van der Waals surface area contributed by atoms with Gasteiger partial charge in [-0.3, -0.25) is 9.80 Å². The van der Waals surface area contributed by atoms with Crippen molar-refractivity contribution >= 4 is 11.7 Å². The van der Waals surface area contributed by atoms with Crippen LogP contribution in [0.25, 0.3) is 22.5 Å². The number of fused-ring (bicyclic) bond motifs is 1. The Balaban J connectivity index is 1.44. The Morgan fingerprint density at radius 1 is 0.769 bits per heavy atom. The van der Waals surface area contributed by atoms with E-state index in [-0.39, 0.29) is 11.9 Å². The molecule has 0 unspecified atom stereocenters. The van der Waals surface area contributed by atoms with E-state index in [2.05, 4.69) is 76.0 Å². The van der Waals surface area contributed by atoms with Gasteiger partial charge in [0.25, 0.3) is 5.91 Å². The standard InChI is InChI=1S/C33H31N5O/c1-2-38-33(39)30-32(34-22-29(36-38)27-16-10-5-11-17-27)37(23-24-12-6-3-7-13-24)31(35-30)28-20-18-26(19-21-28)25-14-8-4-9-15-25/h3-21,29,34,36H,2,22-23H2,1H3/t29-/m0/s1. The van der Waals surface area contributed by atoms with Crippen molar-refractivity contribution in [3.8, 4) is 22.5 Å². The number of hydrogen-bond donors (Lipinski definition) is 2. The molecule has 0 bridgehead atoms. The zero-order chi connectivity index (χ0) is 26.6. The zero-order valence-electron chi connectivity index (χ0n) is 21.9. The monoisotopic (exact) mass is 513 g/mol. The van der Waals surface area contributed by atoms with Gasteiger partial charge in [-0.25, -0.2) is 10.4 Å². The lowest BCUT2D eigenvalue weighted by Gasteiger charge is -2.31. The summed E-state index contributed by atoms with van der Waals surface area (Å²) in [6.07, 6.45) is 0. The van der Waals surface area contributed by atoms with Gasteiger partial charge in [-0.05, 0) is 29.2 Å². The molecule has 6 rings (SSSR count). The summed E-state index contributed by atoms with van der Waals surface area (Å²) in [5, 5.41) is 5.28. The fourth-order valence-electron chi connectivity index (χ4n) is 5.10. The third-order valence-electron chi connectivity index (χ3n) is 7.15. The van der Waals surface area contributed by atoms with Crippen molar-refractivity contribution in [3.63, 3.8) is 0 Å². The molecule has 0 radical (unpaired) electrons. The summed E-state index contributed by atoms with van der Waals surface area (Å²) in [6, 6.07) is 39.2. The number of aromatic nitrogens is 2. The van der Waals surface area contributed by atoms with Crippen LogP contribution in [0.1, 0.15) is 34.6 Å². The fraction of sp³-hybridized carbons (Fsp3) is 0.152. The van der Waals surface area contributed by atoms with E-state index in [9.17, 15) is 4.79 Å². The maximum atomic E-state index is 13.8. The molecule has 1 aliphatic heterocycles. The molecule has 1 aromatic heterocycles. The van der Waals surface area contributed by atoms with Crippen LogP contribution < -0.4 is 10.7 Å². The summed E-state index contributed by atoms with van der Waals surface area (Å²) < 4.78 is 2.14. The maximum Gasteiger partial charge on any atom is 0.290 e. The number of anilines is 1. The lowest BCUT2D eigenvalue weighted by Crippen LogP contribution is -2.48. The molecule has 6 heteroatoms. The van der Waals surface area contributed by atoms with Crippen molar-refractivity contribution in [3.05, 3.63) is 132 Å². The zero-order valence-corrected chi connectivity index (χ0v) is 21.9. The fourth-order valence-corrected chi connectivity index (χ4v) is 5.10. The molecule has 0 fully saturated rings. The summed E-state index contributed by atoms with van der Waals surface area (Å²) in [7, 11) is 0. The van der Waals surface area contributed by atoms with Crippen LogP contribution in [0.15, 0.2) is 115 Å². The predicted molar refractivity (Wildman–Crippen MR) is 156 cm³/mol. The second kappa shape index (κ2) is 11.0. The molecule has 0 spiro atoms. The van der Waals surface area contributed by atoms with Gasteiger partial charge in [0.1, 0.15) is 11.6 Å². The number of hydrazine groups is 1. The molecular weight excluding hydrogens is 482 g/mol. The predicted octanol–water partition coefficient (Wildman–Crippen LogP) is 6.40. The number of amides is 1. The van der Waals surface area contributed by atoms with E-state index < -0.39 is 0 Å². The van der Waals surface area contributed by atoms with E-state index in [0.29, 0.717) is 25.3 Å². The van der Waals surface area contributed by atoms with Crippen LogP contribution in [-0.4, -0.2) is 33.6 Å². The Morgan fingerprint density at radius 3 is 2.03 bits per heavy atom. The van der Waals surface area contributed by atoms with Gasteiger partial charge in [-0.1, -0.05) is 115 Å². The number of hydrogen-bond acceptors (Lipinski definition) is 4. The molecule has 5 aromatic rings. The van der Waals surface area contributed by atoms with E-state index in [1.165, 1.54) is 0 Å². The molecular formula is C33H31N5O. The highest BCUT2D eigenvalue weighted by Gasteiger charge is 2.31. The Hall–Kier alpha value is -4.68. The molecule has 1 amide bonds. The van der Waals surface area contributed by atoms with Crippen molar-refractivity contribution in [1.29, 1.82) is 0 Å². The summed E-state index contributed by atoms with van der Waals surface area (Å²) in [5.41, 5.74) is 9.37. The minimum atomic E-state index is -0.144. The summed E-state index contributed by atoms with van der Waals surface area (Å²) in [4.78, 5) is 18.8. The van der Waals surface area contributed by atoms with Crippen LogP contribution in [0.2, 0.25) is 0 Å². The van der Waals surface area contributed by atoms with Gasteiger partial charge in [-0.15, -0.1) is 0 Å². The maximum absolute atomic E-state index is 13.8. The third-order valence-corrected chi connectivity index (χ3v) is 7.15. The molecule has 6 nitrogen and oxygen atoms in total. The summed E-state index contributed by atoms with van der Waals surface area (Å²) in [5.74, 6) is 1.36. The van der Waals surface area contributed by atoms with E-state index in [1.807, 2.05) is 61.5 Å². The first kappa shape index (κ1) is 24.6. The minimum Gasteiger partial charge on any atom is -0.367 e. The Labute approximate surface area is 228 Å². The SMILES string of the molecule is CCN1N[C@H](c2ccccc2)CNc2c(nc(-c3ccc(-c4ccccc4)cc3)n2Cc2ccccc2)C1=O. The molecule has 4 aromatic carbocycles. The number of nitrogens with one attached hydrogen (secondary N) is 2. The van der Waals surface area contributed by atoms with Gasteiger partial charge in [0.15, 0.2) is 5.69 Å². The molecule has 194 valence electrons. The first-order valence-electron chi connectivity index (χ1n) is 13.4. The first-order chi connectivity index (χ1) is 19.2. The van der Waals surface area contributed by atoms with E-state index in [1.54, 1.807) is 5.01 Å². The smallest absolute Gasteiger partial charge is 0.290 e. The average Bonchev–Trinajstić information content (AvgIpc) is 3.35. The van der Waals surface area contributed by atoms with Gasteiger partial charge in [0, 0.05) is 18.7 Å². The quantitative estimate of drug-likeness (QED) is 0.276. The lowest BCUT2D eigenvalue weighted by molar-refractivity contribution is 0.0626. The van der Waals surface area contributed by atoms with Gasteiger partial charge >= 0.3 is 0 Å². The van der Waals surface area contributed by atoms with Crippen molar-refractivity contribution in [2.24, 2.45) is 0 Å². The van der Waals surface area contributed by atoms with E-state index in [0.717, 1.165) is 39.5 Å². The second-order valence-electron chi connectivity index (χ2n) is 9.67. The Kier molecular flexibility index (Phi) is 6.93. The molecule has 1 atom stereocenters. The van der Waals surface area contributed by atoms with Crippen LogP contribution in [0.3, 0.4) is 0 Å². The highest BCUT2D eigenvalue weighted by Crippen LogP contribution is 2.32. The number of carbonyl (C=O) groups excluding carboxylic acids is 1. The molecule has 0 saturated heterocycles. The third kappa shape index (κ3) is 5.07. The average molecular weight is 514 g/mol. The Bertz CT molecular complexity index is 1550. The van der Waals surface area contributed by atoms with Crippen molar-refractivity contribution in [2.45, 2.75) is 19.5 Å². The molecule has 1 aliphatic rings. The van der Waals surface area contributed by atoms with Gasteiger partial charge < -0.3 is 9.88 Å². The molecule has 0 aliphatic carbocycles. The molecule has 39 heavy (non-hydrogen) atoms. The van der Waals surface area contributed by atoms with Gasteiger partial charge in [0.2, 0.25) is 0 Å². The highest BCUT2D eigenvalue weighted by molar-refractivity contribution is 5.98. The largest absolute Gasteiger partial charge is 0.367 e. The summed E-state index contributed by atoms with van der Waals surface area (Å²) in [6.45, 7) is 3.70. The van der Waals surface area contributed by atoms with Gasteiger partial charge in [-0.2, -0.15) is 0 Å². The topological polar surface area (TPSA) is 62.2 Å². The van der Waals surface area contributed by atoms with Crippen LogP contribution in [-0.2, 0) is 6.54 Å². The van der Waals surface area contributed by atoms with Crippen LogP contribution in [0.4, 0.5) is 5.82 Å². The second-order valence-corrected chi connectivity index (χ2v) is 9.67. The van der Waals surface area contributed by atoms with Crippen LogP contribution in [0, 0.1) is 0 Å².